The van der Waals surface area contributed by atoms with Crippen LogP contribution in [0, 0.1) is 5.82 Å². The monoisotopic (exact) mass is 235 g/mol. The van der Waals surface area contributed by atoms with Crippen LogP contribution < -0.4 is 5.73 Å². The first-order valence-electron chi connectivity index (χ1n) is 5.94. The maximum absolute atomic E-state index is 13.2. The third-order valence-corrected chi connectivity index (χ3v) is 3.27. The molecule has 1 atom stereocenters. The van der Waals surface area contributed by atoms with Gasteiger partial charge in [-0.25, -0.2) is 9.37 Å². The molecule has 1 heterocycles. The molecule has 1 aromatic carbocycles. The Balaban J connectivity index is 2.72. The number of hydrogen-bond acceptors (Lipinski definition) is 2. The lowest BCUT2D eigenvalue weighted by molar-refractivity contribution is 0.426. The second kappa shape index (κ2) is 4.11. The van der Waals surface area contributed by atoms with Crippen LogP contribution in [0.4, 0.5) is 4.39 Å². The molecule has 1 aromatic heterocycles. The van der Waals surface area contributed by atoms with Crippen LogP contribution in [0.15, 0.2) is 18.2 Å². The minimum Gasteiger partial charge on any atom is -0.327 e. The van der Waals surface area contributed by atoms with Crippen LogP contribution in [-0.4, -0.2) is 9.55 Å². The van der Waals surface area contributed by atoms with Gasteiger partial charge >= 0.3 is 0 Å². The average Bonchev–Trinajstić information content (AvgIpc) is 2.67. The van der Waals surface area contributed by atoms with Gasteiger partial charge in [0, 0.05) is 12.6 Å². The fourth-order valence-electron chi connectivity index (χ4n) is 2.02. The van der Waals surface area contributed by atoms with Crippen molar-refractivity contribution in [3.63, 3.8) is 0 Å². The lowest BCUT2D eigenvalue weighted by Crippen LogP contribution is -2.35. The zero-order valence-corrected chi connectivity index (χ0v) is 10.5. The number of aryl methyl sites for hydroxylation is 1. The van der Waals surface area contributed by atoms with E-state index in [1.165, 1.54) is 12.1 Å². The maximum atomic E-state index is 13.2. The summed E-state index contributed by atoms with van der Waals surface area (Å²) in [5.74, 6) is 0.558. The number of benzene rings is 1. The van der Waals surface area contributed by atoms with Gasteiger partial charge in [-0.05, 0) is 32.4 Å². The third kappa shape index (κ3) is 1.93. The molecule has 0 spiro atoms. The first-order chi connectivity index (χ1) is 7.99. The van der Waals surface area contributed by atoms with Crippen LogP contribution in [0.25, 0.3) is 11.0 Å². The van der Waals surface area contributed by atoms with Crippen molar-refractivity contribution in [3.8, 4) is 0 Å². The van der Waals surface area contributed by atoms with Crippen LogP contribution in [0.1, 0.15) is 33.0 Å². The van der Waals surface area contributed by atoms with Crippen LogP contribution in [0.3, 0.4) is 0 Å². The first-order valence-corrected chi connectivity index (χ1v) is 5.94. The van der Waals surface area contributed by atoms with Gasteiger partial charge in [-0.1, -0.05) is 6.92 Å². The lowest BCUT2D eigenvalue weighted by atomic mass is 9.99. The number of nitrogens with two attached hydrogens (primary N) is 1. The zero-order chi connectivity index (χ0) is 12.6. The zero-order valence-electron chi connectivity index (χ0n) is 10.5. The van der Waals surface area contributed by atoms with Crippen molar-refractivity contribution in [2.75, 3.05) is 0 Å². The molecule has 3 nitrogen and oxygen atoms in total. The van der Waals surface area contributed by atoms with Gasteiger partial charge in [0.25, 0.3) is 0 Å². The van der Waals surface area contributed by atoms with Crippen LogP contribution in [0.5, 0.6) is 0 Å². The summed E-state index contributed by atoms with van der Waals surface area (Å²) in [5, 5.41) is 0. The highest BCUT2D eigenvalue weighted by Crippen LogP contribution is 2.26. The minimum absolute atomic E-state index is 0.264. The average molecular weight is 235 g/mol. The molecule has 0 aliphatic rings. The summed E-state index contributed by atoms with van der Waals surface area (Å²) in [5.41, 5.74) is 7.37. The van der Waals surface area contributed by atoms with E-state index in [0.717, 1.165) is 24.3 Å². The second-order valence-electron chi connectivity index (χ2n) is 4.58. The van der Waals surface area contributed by atoms with Crippen molar-refractivity contribution in [1.29, 1.82) is 0 Å². The van der Waals surface area contributed by atoms with E-state index in [0.29, 0.717) is 5.52 Å². The van der Waals surface area contributed by atoms with Crippen LogP contribution in [-0.2, 0) is 12.1 Å². The van der Waals surface area contributed by atoms with E-state index in [9.17, 15) is 4.39 Å². The Morgan fingerprint density at radius 3 is 2.71 bits per heavy atom. The lowest BCUT2D eigenvalue weighted by Gasteiger charge is -2.23. The van der Waals surface area contributed by atoms with Crippen molar-refractivity contribution >= 4 is 11.0 Å². The maximum Gasteiger partial charge on any atom is 0.129 e. The summed E-state index contributed by atoms with van der Waals surface area (Å²) in [6, 6.07) is 4.67. The molecule has 2 aromatic rings. The third-order valence-electron chi connectivity index (χ3n) is 3.27. The van der Waals surface area contributed by atoms with Gasteiger partial charge in [-0.3, -0.25) is 0 Å². The predicted molar refractivity (Wildman–Crippen MR) is 67.2 cm³/mol. The fraction of sp³-hybridized carbons (Fsp3) is 0.462. The molecule has 0 amide bonds. The number of halogens is 1. The van der Waals surface area contributed by atoms with Gasteiger partial charge in [-0.2, -0.15) is 0 Å². The molecule has 2 rings (SSSR count). The highest BCUT2D eigenvalue weighted by atomic mass is 19.1. The van der Waals surface area contributed by atoms with Gasteiger partial charge in [0.05, 0.1) is 16.6 Å². The molecule has 0 saturated heterocycles. The molecule has 0 saturated carbocycles. The first kappa shape index (κ1) is 12.0. The largest absolute Gasteiger partial charge is 0.327 e. The van der Waals surface area contributed by atoms with Crippen molar-refractivity contribution in [3.05, 3.63) is 29.8 Å². The number of imidazole rings is 1. The summed E-state index contributed by atoms with van der Waals surface area (Å²) in [7, 11) is 0. The molecule has 0 radical (unpaired) electrons. The Morgan fingerprint density at radius 1 is 1.41 bits per heavy atom. The molecular weight excluding hydrogens is 217 g/mol. The number of rotatable bonds is 3. The van der Waals surface area contributed by atoms with Crippen molar-refractivity contribution < 1.29 is 4.39 Å². The van der Waals surface area contributed by atoms with E-state index in [1.807, 2.05) is 20.8 Å². The van der Waals surface area contributed by atoms with Crippen molar-refractivity contribution in [2.45, 2.75) is 39.3 Å². The van der Waals surface area contributed by atoms with Gasteiger partial charge in [0.15, 0.2) is 0 Å². The van der Waals surface area contributed by atoms with Gasteiger partial charge < -0.3 is 10.3 Å². The SMILES string of the molecule is CCn1c(C(C)(N)CC)nc2cc(F)ccc21. The van der Waals surface area contributed by atoms with E-state index in [1.54, 1.807) is 6.07 Å². The smallest absolute Gasteiger partial charge is 0.129 e. The van der Waals surface area contributed by atoms with Gasteiger partial charge in [0.2, 0.25) is 0 Å². The van der Waals surface area contributed by atoms with E-state index >= 15 is 0 Å². The minimum atomic E-state index is -0.481. The molecule has 0 bridgehead atoms. The number of fused-ring (bicyclic) bond motifs is 1. The summed E-state index contributed by atoms with van der Waals surface area (Å²) in [6.07, 6.45) is 0.790. The summed E-state index contributed by atoms with van der Waals surface area (Å²) >= 11 is 0. The predicted octanol–water partition coefficient (Wildman–Crippen LogP) is 2.78. The molecule has 0 aliphatic carbocycles. The van der Waals surface area contributed by atoms with E-state index < -0.39 is 5.54 Å². The molecule has 92 valence electrons. The van der Waals surface area contributed by atoms with Gasteiger partial charge in [0.1, 0.15) is 11.6 Å². The molecule has 4 heteroatoms. The Kier molecular flexibility index (Phi) is 2.91. The Labute approximate surface area is 100 Å². The molecule has 0 aliphatic heterocycles. The van der Waals surface area contributed by atoms with Gasteiger partial charge in [-0.15, -0.1) is 0 Å². The Morgan fingerprint density at radius 2 is 2.12 bits per heavy atom. The van der Waals surface area contributed by atoms with Crippen molar-refractivity contribution in [2.24, 2.45) is 5.73 Å². The normalized spacial score (nSPS) is 15.1. The second-order valence-corrected chi connectivity index (χ2v) is 4.58. The topological polar surface area (TPSA) is 43.8 Å². The van der Waals surface area contributed by atoms with Crippen molar-refractivity contribution in [1.82, 2.24) is 9.55 Å². The Bertz CT molecular complexity index is 543. The molecule has 1 unspecified atom stereocenters. The Hall–Kier alpha value is -1.42. The summed E-state index contributed by atoms with van der Waals surface area (Å²) in [6.45, 7) is 6.81. The van der Waals surface area contributed by atoms with Crippen LogP contribution >= 0.6 is 0 Å². The quantitative estimate of drug-likeness (QED) is 0.889. The number of nitrogens with zero attached hydrogens (tertiary/aromatic N) is 2. The van der Waals surface area contributed by atoms with E-state index in [4.69, 9.17) is 5.73 Å². The molecule has 17 heavy (non-hydrogen) atoms. The molecule has 0 fully saturated rings. The van der Waals surface area contributed by atoms with E-state index in [-0.39, 0.29) is 5.82 Å². The summed E-state index contributed by atoms with van der Waals surface area (Å²) < 4.78 is 15.2. The molecular formula is C13H18FN3. The highest BCUT2D eigenvalue weighted by molar-refractivity contribution is 5.76. The summed E-state index contributed by atoms with van der Waals surface area (Å²) in [4.78, 5) is 4.48. The fourth-order valence-corrected chi connectivity index (χ4v) is 2.02. The number of hydrogen-bond donors (Lipinski definition) is 1. The standard InChI is InChI=1S/C13H18FN3/c1-4-13(3,15)12-16-10-8-9(14)6-7-11(10)17(12)5-2/h6-8H,4-5,15H2,1-3H3. The number of aromatic nitrogens is 2. The molecule has 2 N–H and O–H groups in total. The van der Waals surface area contributed by atoms with Crippen LogP contribution in [0.2, 0.25) is 0 Å². The highest BCUT2D eigenvalue weighted by Gasteiger charge is 2.25. The van der Waals surface area contributed by atoms with E-state index in [2.05, 4.69) is 9.55 Å².